The third kappa shape index (κ3) is 2.56. The Morgan fingerprint density at radius 3 is 2.06 bits per heavy atom. The first kappa shape index (κ1) is 12.7. The van der Waals surface area contributed by atoms with E-state index in [0.29, 0.717) is 0 Å². The van der Waals surface area contributed by atoms with E-state index in [4.69, 9.17) is 0 Å². The van der Waals surface area contributed by atoms with Crippen LogP contribution in [0.3, 0.4) is 0 Å². The molecule has 0 saturated heterocycles. The van der Waals surface area contributed by atoms with Crippen molar-refractivity contribution in [2.75, 3.05) is 19.0 Å². The van der Waals surface area contributed by atoms with Gasteiger partial charge in [0.2, 0.25) is 0 Å². The Hall–Kier alpha value is -1.76. The standard InChI is InChI=1S/C17H21N/c1-5-14-12-16(10-11-17(14)18(3)4)15-8-6-13(2)7-9-15/h6-12H,5H2,1-4H3. The van der Waals surface area contributed by atoms with Crippen molar-refractivity contribution < 1.29 is 0 Å². The van der Waals surface area contributed by atoms with Gasteiger partial charge >= 0.3 is 0 Å². The van der Waals surface area contributed by atoms with E-state index in [0.717, 1.165) is 6.42 Å². The van der Waals surface area contributed by atoms with Crippen LogP contribution >= 0.6 is 0 Å². The van der Waals surface area contributed by atoms with E-state index < -0.39 is 0 Å². The number of rotatable bonds is 3. The van der Waals surface area contributed by atoms with E-state index in [-0.39, 0.29) is 0 Å². The summed E-state index contributed by atoms with van der Waals surface area (Å²) in [6.45, 7) is 4.33. The first-order valence-corrected chi connectivity index (χ1v) is 6.49. The predicted molar refractivity (Wildman–Crippen MR) is 80.3 cm³/mol. The molecule has 2 rings (SSSR count). The first-order valence-electron chi connectivity index (χ1n) is 6.49. The Morgan fingerprint density at radius 1 is 0.889 bits per heavy atom. The molecule has 0 spiro atoms. The lowest BCUT2D eigenvalue weighted by atomic mass is 9.99. The van der Waals surface area contributed by atoms with Gasteiger partial charge in [-0.3, -0.25) is 0 Å². The molecule has 2 aromatic rings. The van der Waals surface area contributed by atoms with Crippen molar-refractivity contribution in [3.63, 3.8) is 0 Å². The van der Waals surface area contributed by atoms with E-state index in [1.54, 1.807) is 0 Å². The Morgan fingerprint density at radius 2 is 1.50 bits per heavy atom. The molecule has 0 N–H and O–H groups in total. The van der Waals surface area contributed by atoms with Crippen LogP contribution in [0.4, 0.5) is 5.69 Å². The van der Waals surface area contributed by atoms with Gasteiger partial charge in [-0.05, 0) is 42.2 Å². The van der Waals surface area contributed by atoms with E-state index in [9.17, 15) is 0 Å². The molecule has 0 fully saturated rings. The lowest BCUT2D eigenvalue weighted by molar-refractivity contribution is 1.06. The second-order valence-corrected chi connectivity index (χ2v) is 4.96. The molecule has 2 aromatic carbocycles. The van der Waals surface area contributed by atoms with E-state index in [2.05, 4.69) is 75.3 Å². The largest absolute Gasteiger partial charge is 0.377 e. The molecule has 0 aliphatic carbocycles. The molecule has 0 unspecified atom stereocenters. The van der Waals surface area contributed by atoms with Crippen LogP contribution in [-0.2, 0) is 6.42 Å². The summed E-state index contributed by atoms with van der Waals surface area (Å²) in [5.41, 5.74) is 6.61. The molecular formula is C17H21N. The van der Waals surface area contributed by atoms with Gasteiger partial charge in [-0.25, -0.2) is 0 Å². The summed E-state index contributed by atoms with van der Waals surface area (Å²) in [6.07, 6.45) is 1.06. The maximum atomic E-state index is 2.31. The third-order valence-corrected chi connectivity index (χ3v) is 3.33. The van der Waals surface area contributed by atoms with Crippen LogP contribution in [-0.4, -0.2) is 14.1 Å². The molecule has 0 amide bonds. The average molecular weight is 239 g/mol. The van der Waals surface area contributed by atoms with E-state index in [1.807, 2.05) is 0 Å². The van der Waals surface area contributed by atoms with Crippen molar-refractivity contribution >= 4 is 5.69 Å². The van der Waals surface area contributed by atoms with Crippen LogP contribution in [0.2, 0.25) is 0 Å². The molecule has 0 aromatic heterocycles. The van der Waals surface area contributed by atoms with Crippen molar-refractivity contribution in [1.82, 2.24) is 0 Å². The minimum Gasteiger partial charge on any atom is -0.377 e. The van der Waals surface area contributed by atoms with Crippen LogP contribution in [0, 0.1) is 6.92 Å². The number of anilines is 1. The van der Waals surface area contributed by atoms with Crippen LogP contribution in [0.25, 0.3) is 11.1 Å². The highest BCUT2D eigenvalue weighted by Gasteiger charge is 2.05. The van der Waals surface area contributed by atoms with Gasteiger partial charge < -0.3 is 4.90 Å². The second-order valence-electron chi connectivity index (χ2n) is 4.96. The summed E-state index contributed by atoms with van der Waals surface area (Å²) < 4.78 is 0. The molecule has 0 atom stereocenters. The number of benzene rings is 2. The minimum absolute atomic E-state index is 1.06. The lowest BCUT2D eigenvalue weighted by Crippen LogP contribution is -2.11. The summed E-state index contributed by atoms with van der Waals surface area (Å²) in [4.78, 5) is 2.18. The third-order valence-electron chi connectivity index (χ3n) is 3.33. The molecule has 0 aliphatic heterocycles. The van der Waals surface area contributed by atoms with Crippen molar-refractivity contribution in [2.45, 2.75) is 20.3 Å². The van der Waals surface area contributed by atoms with Crippen LogP contribution in [0.15, 0.2) is 42.5 Å². The van der Waals surface area contributed by atoms with Crippen LogP contribution in [0.1, 0.15) is 18.1 Å². The van der Waals surface area contributed by atoms with Gasteiger partial charge in [0.25, 0.3) is 0 Å². The molecule has 1 nitrogen and oxygen atoms in total. The zero-order chi connectivity index (χ0) is 13.1. The smallest absolute Gasteiger partial charge is 0.0393 e. The van der Waals surface area contributed by atoms with Crippen molar-refractivity contribution in [3.05, 3.63) is 53.6 Å². The molecule has 0 radical (unpaired) electrons. The fourth-order valence-electron chi connectivity index (χ4n) is 2.23. The maximum Gasteiger partial charge on any atom is 0.0393 e. The zero-order valence-electron chi connectivity index (χ0n) is 11.7. The van der Waals surface area contributed by atoms with Gasteiger partial charge in [0.15, 0.2) is 0 Å². The lowest BCUT2D eigenvalue weighted by Gasteiger charge is -2.18. The SMILES string of the molecule is CCc1cc(-c2ccc(C)cc2)ccc1N(C)C. The Balaban J connectivity index is 2.44. The van der Waals surface area contributed by atoms with Gasteiger partial charge in [0.1, 0.15) is 0 Å². The van der Waals surface area contributed by atoms with Crippen molar-refractivity contribution in [2.24, 2.45) is 0 Å². The molecule has 1 heteroatoms. The number of aryl methyl sites for hydroxylation is 2. The Kier molecular flexibility index (Phi) is 3.71. The molecule has 0 aliphatic rings. The van der Waals surface area contributed by atoms with Gasteiger partial charge in [0, 0.05) is 19.8 Å². The van der Waals surface area contributed by atoms with Crippen molar-refractivity contribution in [1.29, 1.82) is 0 Å². The molecular weight excluding hydrogens is 218 g/mol. The normalized spacial score (nSPS) is 10.4. The fourth-order valence-corrected chi connectivity index (χ4v) is 2.23. The van der Waals surface area contributed by atoms with E-state index in [1.165, 1.54) is 27.9 Å². The molecule has 18 heavy (non-hydrogen) atoms. The quantitative estimate of drug-likeness (QED) is 0.772. The highest BCUT2D eigenvalue weighted by Crippen LogP contribution is 2.27. The maximum absolute atomic E-state index is 2.31. The topological polar surface area (TPSA) is 3.24 Å². The zero-order valence-corrected chi connectivity index (χ0v) is 11.7. The first-order chi connectivity index (χ1) is 8.61. The number of hydrogen-bond acceptors (Lipinski definition) is 1. The van der Waals surface area contributed by atoms with Crippen molar-refractivity contribution in [3.8, 4) is 11.1 Å². The molecule has 0 heterocycles. The summed E-state index contributed by atoms with van der Waals surface area (Å²) in [6, 6.07) is 15.5. The monoisotopic (exact) mass is 239 g/mol. The molecule has 94 valence electrons. The van der Waals surface area contributed by atoms with Crippen LogP contribution < -0.4 is 4.90 Å². The van der Waals surface area contributed by atoms with Crippen LogP contribution in [0.5, 0.6) is 0 Å². The van der Waals surface area contributed by atoms with E-state index >= 15 is 0 Å². The number of nitrogens with zero attached hydrogens (tertiary/aromatic N) is 1. The average Bonchev–Trinajstić information content (AvgIpc) is 2.38. The Labute approximate surface area is 110 Å². The van der Waals surface area contributed by atoms with Gasteiger partial charge in [0.05, 0.1) is 0 Å². The van der Waals surface area contributed by atoms with Gasteiger partial charge in [-0.1, -0.05) is 42.8 Å². The minimum atomic E-state index is 1.06. The molecule has 0 saturated carbocycles. The predicted octanol–water partition coefficient (Wildman–Crippen LogP) is 4.29. The summed E-state index contributed by atoms with van der Waals surface area (Å²) >= 11 is 0. The summed E-state index contributed by atoms with van der Waals surface area (Å²) in [7, 11) is 4.19. The highest BCUT2D eigenvalue weighted by molar-refractivity contribution is 5.69. The summed E-state index contributed by atoms with van der Waals surface area (Å²) in [5.74, 6) is 0. The second kappa shape index (κ2) is 5.26. The van der Waals surface area contributed by atoms with Gasteiger partial charge in [-0.15, -0.1) is 0 Å². The highest BCUT2D eigenvalue weighted by atomic mass is 15.1. The summed E-state index contributed by atoms with van der Waals surface area (Å²) in [5, 5.41) is 0. The van der Waals surface area contributed by atoms with Gasteiger partial charge in [-0.2, -0.15) is 0 Å². The fraction of sp³-hybridized carbons (Fsp3) is 0.294. The number of hydrogen-bond donors (Lipinski definition) is 0. The Bertz CT molecular complexity index is 524. The molecule has 0 bridgehead atoms.